The SMILES string of the molecule is CC(C)N(C(C)C)[P+](O)(CCC#N)O[C@H]1C[C@@](n2cnc3c(=O)[nH]cnc32)([Si](C)C)O[C@@H]1COC(C)(C)C. The van der Waals surface area contributed by atoms with Crippen LogP contribution in [-0.4, -0.2) is 80.5 Å². The number of ether oxygens (including phenoxy) is 2. The van der Waals surface area contributed by atoms with E-state index in [1.54, 1.807) is 6.33 Å². The number of nitriles is 1. The maximum absolute atomic E-state index is 12.4. The monoisotopic (exact) mass is 566 g/mol. The molecule has 11 nitrogen and oxygen atoms in total. The van der Waals surface area contributed by atoms with E-state index in [0.29, 0.717) is 12.1 Å². The Balaban J connectivity index is 2.10. The van der Waals surface area contributed by atoms with E-state index in [1.807, 2.05) is 57.7 Å². The third-order valence-electron chi connectivity index (χ3n) is 6.67. The van der Waals surface area contributed by atoms with Gasteiger partial charge in [-0.25, -0.2) is 14.9 Å². The minimum absolute atomic E-state index is 0.00821. The molecule has 1 unspecified atom stereocenters. The highest BCUT2D eigenvalue weighted by Gasteiger charge is 2.58. The molecular formula is C25H43N6O5PSi+. The highest BCUT2D eigenvalue weighted by atomic mass is 31.2. The van der Waals surface area contributed by atoms with E-state index < -0.39 is 39.8 Å². The molecule has 1 fully saturated rings. The fourth-order valence-corrected chi connectivity index (χ4v) is 9.70. The van der Waals surface area contributed by atoms with Crippen LogP contribution in [0.25, 0.3) is 11.2 Å². The molecule has 0 bridgehead atoms. The van der Waals surface area contributed by atoms with Gasteiger partial charge in [0, 0.05) is 18.5 Å². The minimum Gasteiger partial charge on any atom is -0.373 e. The fourth-order valence-electron chi connectivity index (χ4n) is 5.14. The highest BCUT2D eigenvalue weighted by molar-refractivity contribution is 7.63. The number of H-pyrrole nitrogens is 1. The van der Waals surface area contributed by atoms with Crippen LogP contribution in [0, 0.1) is 11.3 Å². The molecule has 1 saturated heterocycles. The van der Waals surface area contributed by atoms with E-state index >= 15 is 0 Å². The Hall–Kier alpha value is -1.71. The topological polar surface area (TPSA) is 139 Å². The summed E-state index contributed by atoms with van der Waals surface area (Å²) >= 11 is 0. The van der Waals surface area contributed by atoms with Crippen molar-refractivity contribution in [3.05, 3.63) is 23.0 Å². The van der Waals surface area contributed by atoms with Gasteiger partial charge < -0.3 is 14.5 Å². The van der Waals surface area contributed by atoms with Crippen LogP contribution in [0.15, 0.2) is 17.4 Å². The Morgan fingerprint density at radius 3 is 2.55 bits per heavy atom. The minimum atomic E-state index is -3.19. The van der Waals surface area contributed by atoms with Crippen molar-refractivity contribution in [1.82, 2.24) is 24.2 Å². The van der Waals surface area contributed by atoms with Crippen molar-refractivity contribution in [2.75, 3.05) is 12.8 Å². The van der Waals surface area contributed by atoms with Gasteiger partial charge in [0.05, 0.1) is 37.4 Å². The Labute approximate surface area is 227 Å². The Morgan fingerprint density at radius 2 is 2.00 bits per heavy atom. The second kappa shape index (κ2) is 11.8. The number of hydrogen-bond donors (Lipinski definition) is 2. The first-order valence-electron chi connectivity index (χ1n) is 13.1. The number of rotatable bonds is 11. The summed E-state index contributed by atoms with van der Waals surface area (Å²) in [5, 5.41) is 8.53. The summed E-state index contributed by atoms with van der Waals surface area (Å²) < 4.78 is 23.6. The van der Waals surface area contributed by atoms with Crippen molar-refractivity contribution in [1.29, 1.82) is 5.26 Å². The second-order valence-corrected chi connectivity index (χ2v) is 16.8. The number of aromatic amines is 1. The van der Waals surface area contributed by atoms with Gasteiger partial charge in [-0.3, -0.25) is 9.36 Å². The summed E-state index contributed by atoms with van der Waals surface area (Å²) in [6.45, 7) is 18.6. The first-order valence-corrected chi connectivity index (χ1v) is 17.4. The Bertz CT molecular complexity index is 1180. The molecule has 0 aliphatic carbocycles. The summed E-state index contributed by atoms with van der Waals surface area (Å²) in [7, 11) is -4.45. The van der Waals surface area contributed by atoms with Gasteiger partial charge in [0.25, 0.3) is 5.56 Å². The molecule has 0 saturated carbocycles. The van der Waals surface area contributed by atoms with E-state index in [-0.39, 0.29) is 42.3 Å². The highest BCUT2D eigenvalue weighted by Crippen LogP contribution is 2.64. The summed E-state index contributed by atoms with van der Waals surface area (Å²) in [6, 6.07) is 2.19. The zero-order valence-electron chi connectivity index (χ0n) is 24.1. The predicted octanol–water partition coefficient (Wildman–Crippen LogP) is 3.84. The third-order valence-corrected chi connectivity index (χ3v) is 11.9. The smallest absolute Gasteiger partial charge is 0.347 e. The molecule has 3 rings (SSSR count). The average molecular weight is 567 g/mol. The van der Waals surface area contributed by atoms with Crippen molar-refractivity contribution in [3.8, 4) is 6.07 Å². The van der Waals surface area contributed by atoms with Crippen molar-refractivity contribution < 1.29 is 18.9 Å². The molecule has 3 heterocycles. The number of imidazole rings is 1. The van der Waals surface area contributed by atoms with Gasteiger partial charge >= 0.3 is 7.87 Å². The first-order chi connectivity index (χ1) is 17.6. The lowest BCUT2D eigenvalue weighted by molar-refractivity contribution is -0.111. The third kappa shape index (κ3) is 6.36. The summed E-state index contributed by atoms with van der Waals surface area (Å²) in [4.78, 5) is 35.8. The molecule has 1 aliphatic rings. The van der Waals surface area contributed by atoms with E-state index in [9.17, 15) is 14.9 Å². The summed E-state index contributed by atoms with van der Waals surface area (Å²) in [5.41, 5.74) is -0.0357. The molecule has 1 radical (unpaired) electrons. The largest absolute Gasteiger partial charge is 0.373 e. The summed E-state index contributed by atoms with van der Waals surface area (Å²) in [6.07, 6.45) is 2.80. The van der Waals surface area contributed by atoms with Crippen LogP contribution in [0.3, 0.4) is 0 Å². The first kappa shape index (κ1) is 30.8. The molecule has 38 heavy (non-hydrogen) atoms. The van der Waals surface area contributed by atoms with Crippen LogP contribution < -0.4 is 5.56 Å². The van der Waals surface area contributed by atoms with Crippen LogP contribution in [0.1, 0.15) is 61.3 Å². The fraction of sp³-hybridized carbons (Fsp3) is 0.760. The van der Waals surface area contributed by atoms with Crippen molar-refractivity contribution in [2.45, 2.75) is 110 Å². The molecule has 2 N–H and O–H groups in total. The predicted molar refractivity (Wildman–Crippen MR) is 150 cm³/mol. The molecule has 2 aromatic heterocycles. The lowest BCUT2D eigenvalue weighted by Gasteiger charge is -2.36. The van der Waals surface area contributed by atoms with Crippen LogP contribution in [0.4, 0.5) is 0 Å². The van der Waals surface area contributed by atoms with Crippen molar-refractivity contribution in [3.63, 3.8) is 0 Å². The molecule has 0 aromatic carbocycles. The van der Waals surface area contributed by atoms with Gasteiger partial charge in [-0.15, -0.1) is 4.67 Å². The summed E-state index contributed by atoms with van der Waals surface area (Å²) in [5.74, 6) is 0. The quantitative estimate of drug-likeness (QED) is 0.307. The Morgan fingerprint density at radius 1 is 1.34 bits per heavy atom. The van der Waals surface area contributed by atoms with E-state index in [4.69, 9.17) is 14.0 Å². The normalized spacial score (nSPS) is 24.1. The number of hydrogen-bond acceptors (Lipinski definition) is 9. The van der Waals surface area contributed by atoms with Crippen LogP contribution in [0.5, 0.6) is 0 Å². The molecule has 1 aliphatic heterocycles. The zero-order chi connectivity index (χ0) is 28.5. The molecule has 211 valence electrons. The van der Waals surface area contributed by atoms with E-state index in [1.165, 1.54) is 6.33 Å². The number of fused-ring (bicyclic) bond motifs is 1. The maximum Gasteiger partial charge on any atom is 0.347 e. The van der Waals surface area contributed by atoms with Crippen molar-refractivity contribution in [2.24, 2.45) is 0 Å². The second-order valence-electron chi connectivity index (χ2n) is 11.6. The van der Waals surface area contributed by atoms with E-state index in [2.05, 4.69) is 34.1 Å². The van der Waals surface area contributed by atoms with Gasteiger partial charge in [-0.1, -0.05) is 13.1 Å². The van der Waals surface area contributed by atoms with Crippen LogP contribution in [-0.2, 0) is 19.3 Å². The lowest BCUT2D eigenvalue weighted by Crippen LogP contribution is -2.45. The van der Waals surface area contributed by atoms with Gasteiger partial charge in [-0.05, 0) is 48.5 Å². The van der Waals surface area contributed by atoms with E-state index in [0.717, 1.165) is 0 Å². The van der Waals surface area contributed by atoms with Crippen LogP contribution in [0.2, 0.25) is 13.1 Å². The molecule has 13 heteroatoms. The average Bonchev–Trinajstić information content (AvgIpc) is 3.38. The zero-order valence-corrected chi connectivity index (χ0v) is 26.0. The number of nitrogens with zero attached hydrogens (tertiary/aromatic N) is 5. The van der Waals surface area contributed by atoms with Gasteiger partial charge in [0.15, 0.2) is 11.2 Å². The lowest BCUT2D eigenvalue weighted by atomic mass is 10.1. The van der Waals surface area contributed by atoms with Crippen LogP contribution >= 0.6 is 7.87 Å². The molecule has 0 amide bonds. The standard InChI is InChI=1S/C25H42N6O5PSi/c1-17(2)31(18(3)4)37(33,12-10-11-26)36-19-13-25(38(8)9,35-20(19)14-34-24(5,6)7)30-16-29-21-22(30)27-15-28-23(21)32/h15-20,33H,10,12-14H2,1-9H3/p+1/t19-,20+,25-,37?/m0/s1. The maximum atomic E-state index is 12.4. The number of aromatic nitrogens is 4. The molecule has 0 spiro atoms. The van der Waals surface area contributed by atoms with Gasteiger partial charge in [0.2, 0.25) is 0 Å². The van der Waals surface area contributed by atoms with Gasteiger partial charge in [-0.2, -0.15) is 9.79 Å². The van der Waals surface area contributed by atoms with Crippen molar-refractivity contribution >= 4 is 27.8 Å². The molecule has 2 aromatic rings. The van der Waals surface area contributed by atoms with Gasteiger partial charge in [0.1, 0.15) is 32.5 Å². The number of nitrogens with one attached hydrogen (secondary N) is 1. The Kier molecular flexibility index (Phi) is 9.57. The molecular weight excluding hydrogens is 523 g/mol. The molecule has 4 atom stereocenters.